The molecule has 0 aliphatic heterocycles. The van der Waals surface area contributed by atoms with Crippen molar-refractivity contribution in [1.29, 1.82) is 0 Å². The molecule has 6 heteroatoms. The van der Waals surface area contributed by atoms with Crippen molar-refractivity contribution < 1.29 is 0 Å². The number of aryl methyl sites for hydroxylation is 2. The lowest BCUT2D eigenvalue weighted by atomic mass is 10.1. The van der Waals surface area contributed by atoms with Crippen molar-refractivity contribution in [2.24, 2.45) is 12.8 Å². The molecule has 2 N–H and O–H groups in total. The maximum atomic E-state index is 6.15. The van der Waals surface area contributed by atoms with Crippen molar-refractivity contribution in [3.05, 3.63) is 34.4 Å². The number of nitrogens with two attached hydrogens (primary N) is 1. The molecule has 2 aromatic rings. The summed E-state index contributed by atoms with van der Waals surface area (Å²) >= 11 is 6.15. The van der Waals surface area contributed by atoms with Crippen LogP contribution in [0.1, 0.15) is 23.0 Å². The topological polar surface area (TPSA) is 61.7 Å². The second kappa shape index (κ2) is 4.50. The molecule has 92 valence electrons. The van der Waals surface area contributed by atoms with Gasteiger partial charge in [0.1, 0.15) is 0 Å². The van der Waals surface area contributed by atoms with E-state index in [-0.39, 0.29) is 6.04 Å². The van der Waals surface area contributed by atoms with Gasteiger partial charge in [-0.25, -0.2) is 0 Å². The molecule has 2 aromatic heterocycles. The minimum Gasteiger partial charge on any atom is -0.328 e. The average molecular weight is 254 g/mol. The van der Waals surface area contributed by atoms with Crippen LogP contribution in [0.4, 0.5) is 0 Å². The third kappa shape index (κ3) is 2.08. The lowest BCUT2D eigenvalue weighted by Crippen LogP contribution is -2.22. The van der Waals surface area contributed by atoms with Crippen molar-refractivity contribution in [2.45, 2.75) is 19.9 Å². The van der Waals surface area contributed by atoms with E-state index >= 15 is 0 Å². The molecule has 0 fully saturated rings. The number of hydrogen-bond acceptors (Lipinski definition) is 3. The first-order valence-corrected chi connectivity index (χ1v) is 5.82. The van der Waals surface area contributed by atoms with Crippen molar-refractivity contribution in [1.82, 2.24) is 19.6 Å². The van der Waals surface area contributed by atoms with E-state index in [0.29, 0.717) is 11.6 Å². The van der Waals surface area contributed by atoms with Gasteiger partial charge in [-0.2, -0.15) is 10.2 Å². The number of halogens is 1. The van der Waals surface area contributed by atoms with Crippen LogP contribution in [0.25, 0.3) is 0 Å². The molecular weight excluding hydrogens is 238 g/mol. The second-order valence-corrected chi connectivity index (χ2v) is 4.51. The Kier molecular flexibility index (Phi) is 3.22. The molecule has 0 radical (unpaired) electrons. The Morgan fingerprint density at radius 2 is 2.18 bits per heavy atom. The first-order chi connectivity index (χ1) is 8.04. The summed E-state index contributed by atoms with van der Waals surface area (Å²) in [5, 5.41) is 9.29. The third-order valence-corrected chi connectivity index (χ3v) is 3.41. The predicted octanol–water partition coefficient (Wildman–Crippen LogP) is 1.43. The zero-order valence-corrected chi connectivity index (χ0v) is 10.9. The fourth-order valence-corrected chi connectivity index (χ4v) is 2.06. The molecular formula is C11H16ClN5. The molecule has 0 aliphatic carbocycles. The van der Waals surface area contributed by atoms with Gasteiger partial charge in [-0.15, -0.1) is 0 Å². The maximum absolute atomic E-state index is 6.15. The number of aromatic nitrogens is 4. The van der Waals surface area contributed by atoms with Crippen LogP contribution in [0.2, 0.25) is 5.02 Å². The fraction of sp³-hybridized carbons (Fsp3) is 0.455. The predicted molar refractivity (Wildman–Crippen MR) is 67.1 cm³/mol. The van der Waals surface area contributed by atoms with Gasteiger partial charge < -0.3 is 5.73 Å². The van der Waals surface area contributed by atoms with Crippen LogP contribution in [0, 0.1) is 13.8 Å². The van der Waals surface area contributed by atoms with Crippen LogP contribution < -0.4 is 5.73 Å². The molecule has 0 aromatic carbocycles. The molecule has 5 nitrogen and oxygen atoms in total. The van der Waals surface area contributed by atoms with E-state index in [9.17, 15) is 0 Å². The molecule has 1 unspecified atom stereocenters. The molecule has 0 bridgehead atoms. The highest BCUT2D eigenvalue weighted by molar-refractivity contribution is 6.31. The van der Waals surface area contributed by atoms with Gasteiger partial charge in [-0.3, -0.25) is 9.36 Å². The average Bonchev–Trinajstić information content (AvgIpc) is 2.82. The van der Waals surface area contributed by atoms with Crippen LogP contribution in [0.3, 0.4) is 0 Å². The molecule has 0 saturated carbocycles. The standard InChI is InChI=1S/C11H16ClN5/c1-7-11(12)8(2)17(15-7)10(4-13)9-5-14-16(3)6-9/h5-6,10H,4,13H2,1-3H3. The summed E-state index contributed by atoms with van der Waals surface area (Å²) in [7, 11) is 1.88. The summed E-state index contributed by atoms with van der Waals surface area (Å²) in [4.78, 5) is 0. The summed E-state index contributed by atoms with van der Waals surface area (Å²) in [6, 6.07) is -0.0186. The van der Waals surface area contributed by atoms with Gasteiger partial charge in [0.25, 0.3) is 0 Å². The monoisotopic (exact) mass is 253 g/mol. The Morgan fingerprint density at radius 3 is 2.59 bits per heavy atom. The zero-order chi connectivity index (χ0) is 12.6. The highest BCUT2D eigenvalue weighted by atomic mass is 35.5. The van der Waals surface area contributed by atoms with Crippen molar-refractivity contribution >= 4 is 11.6 Å². The minimum absolute atomic E-state index is 0.0186. The molecule has 0 amide bonds. The maximum Gasteiger partial charge on any atom is 0.0924 e. The Morgan fingerprint density at radius 1 is 1.47 bits per heavy atom. The molecule has 1 atom stereocenters. The Hall–Kier alpha value is -1.33. The van der Waals surface area contributed by atoms with Gasteiger partial charge in [0, 0.05) is 25.4 Å². The summed E-state index contributed by atoms with van der Waals surface area (Å²) in [5.41, 5.74) is 8.63. The van der Waals surface area contributed by atoms with E-state index < -0.39 is 0 Å². The van der Waals surface area contributed by atoms with E-state index in [1.165, 1.54) is 0 Å². The van der Waals surface area contributed by atoms with E-state index in [1.807, 2.05) is 38.0 Å². The van der Waals surface area contributed by atoms with Gasteiger partial charge in [-0.05, 0) is 13.8 Å². The SMILES string of the molecule is Cc1nn(C(CN)c2cnn(C)c2)c(C)c1Cl. The quantitative estimate of drug-likeness (QED) is 0.900. The molecule has 2 rings (SSSR count). The van der Waals surface area contributed by atoms with Gasteiger partial charge >= 0.3 is 0 Å². The van der Waals surface area contributed by atoms with Crippen molar-refractivity contribution in [3.8, 4) is 0 Å². The van der Waals surface area contributed by atoms with Crippen LogP contribution in [-0.4, -0.2) is 26.1 Å². The van der Waals surface area contributed by atoms with E-state index in [1.54, 1.807) is 4.68 Å². The first kappa shape index (κ1) is 12.1. The summed E-state index contributed by atoms with van der Waals surface area (Å²) in [6.07, 6.45) is 3.75. The first-order valence-electron chi connectivity index (χ1n) is 5.44. The van der Waals surface area contributed by atoms with E-state index in [0.717, 1.165) is 17.0 Å². The summed E-state index contributed by atoms with van der Waals surface area (Å²) in [6.45, 7) is 4.30. The molecule has 17 heavy (non-hydrogen) atoms. The van der Waals surface area contributed by atoms with E-state index in [4.69, 9.17) is 17.3 Å². The van der Waals surface area contributed by atoms with Gasteiger partial charge in [0.15, 0.2) is 0 Å². The van der Waals surface area contributed by atoms with Gasteiger partial charge in [0.2, 0.25) is 0 Å². The molecule has 2 heterocycles. The van der Waals surface area contributed by atoms with Crippen LogP contribution in [-0.2, 0) is 7.05 Å². The largest absolute Gasteiger partial charge is 0.328 e. The van der Waals surface area contributed by atoms with Gasteiger partial charge in [-0.1, -0.05) is 11.6 Å². The Balaban J connectivity index is 2.45. The lowest BCUT2D eigenvalue weighted by Gasteiger charge is -2.15. The number of rotatable bonds is 3. The van der Waals surface area contributed by atoms with Crippen molar-refractivity contribution in [2.75, 3.05) is 6.54 Å². The summed E-state index contributed by atoms with van der Waals surface area (Å²) in [5.74, 6) is 0. The normalized spacial score (nSPS) is 13.0. The highest BCUT2D eigenvalue weighted by Gasteiger charge is 2.19. The van der Waals surface area contributed by atoms with Crippen molar-refractivity contribution in [3.63, 3.8) is 0 Å². The number of hydrogen-bond donors (Lipinski definition) is 1. The zero-order valence-electron chi connectivity index (χ0n) is 10.2. The second-order valence-electron chi connectivity index (χ2n) is 4.13. The third-order valence-electron chi connectivity index (χ3n) is 2.86. The van der Waals surface area contributed by atoms with Crippen LogP contribution >= 0.6 is 11.6 Å². The lowest BCUT2D eigenvalue weighted by molar-refractivity contribution is 0.516. The number of nitrogens with zero attached hydrogens (tertiary/aromatic N) is 4. The highest BCUT2D eigenvalue weighted by Crippen LogP contribution is 2.25. The van der Waals surface area contributed by atoms with Crippen LogP contribution in [0.5, 0.6) is 0 Å². The fourth-order valence-electron chi connectivity index (χ4n) is 1.94. The molecule has 0 saturated heterocycles. The minimum atomic E-state index is -0.0186. The van der Waals surface area contributed by atoms with E-state index in [2.05, 4.69) is 10.2 Å². The summed E-state index contributed by atoms with van der Waals surface area (Å²) < 4.78 is 3.62. The Bertz CT molecular complexity index is 528. The smallest absolute Gasteiger partial charge is 0.0924 e. The van der Waals surface area contributed by atoms with Gasteiger partial charge in [0.05, 0.1) is 28.6 Å². The van der Waals surface area contributed by atoms with Crippen LogP contribution in [0.15, 0.2) is 12.4 Å². The Labute approximate surface area is 105 Å². The molecule has 0 aliphatic rings. The molecule has 0 spiro atoms.